The second kappa shape index (κ2) is 24.0. The maximum atomic E-state index is 14.1. The highest BCUT2D eigenvalue weighted by Gasteiger charge is 2.43. The Morgan fingerprint density at radius 2 is 1.52 bits per heavy atom. The highest BCUT2D eigenvalue weighted by molar-refractivity contribution is 5.90. The van der Waals surface area contributed by atoms with Crippen LogP contribution in [0, 0.1) is 23.7 Å². The minimum Gasteiger partial charge on any atom is -0.480 e. The highest BCUT2D eigenvalue weighted by Crippen LogP contribution is 2.29. The van der Waals surface area contributed by atoms with E-state index < -0.39 is 60.2 Å². The predicted octanol–water partition coefficient (Wildman–Crippen LogP) is 3.69. The average Bonchev–Trinajstić information content (AvgIpc) is 3.63. The van der Waals surface area contributed by atoms with Gasteiger partial charge in [0.05, 0.1) is 49.8 Å². The van der Waals surface area contributed by atoms with Gasteiger partial charge in [0.2, 0.25) is 23.6 Å². The van der Waals surface area contributed by atoms with Crippen molar-refractivity contribution < 1.29 is 42.9 Å². The first-order chi connectivity index (χ1) is 25.5. The number of likely N-dealkylation sites (N-methyl/N-ethyl adjacent to an activating group) is 2. The van der Waals surface area contributed by atoms with Crippen LogP contribution in [0.25, 0.3) is 0 Å². The van der Waals surface area contributed by atoms with Crippen LogP contribution in [0.2, 0.25) is 0 Å². The Bertz CT molecular complexity index is 1320. The fraction of sp³-hybridized carbons (Fsp3) is 0.725. The average molecular weight is 766 g/mol. The topological polar surface area (TPSA) is 167 Å². The SMILES string of the molecule is CC[C@H](C)[C@@H]([C@@H](CC(=O)N1CCC[C@H]1[C@H](OC)[C@@H](C)C(=O)N[C@@H](Cc1ccccc1)C(=O)O)OC)N(C)C(=O)[C@@H](NC(=O)[C@@H](NC)C(C)C)C(C)C.CF. The molecule has 0 spiro atoms. The van der Waals surface area contributed by atoms with E-state index in [4.69, 9.17) is 9.47 Å². The van der Waals surface area contributed by atoms with Crippen LogP contribution >= 0.6 is 0 Å². The summed E-state index contributed by atoms with van der Waals surface area (Å²) >= 11 is 0. The van der Waals surface area contributed by atoms with Gasteiger partial charge < -0.3 is 40.3 Å². The summed E-state index contributed by atoms with van der Waals surface area (Å²) in [4.78, 5) is 70.3. The summed E-state index contributed by atoms with van der Waals surface area (Å²) in [6.45, 7) is 13.9. The molecule has 2 rings (SSSR count). The van der Waals surface area contributed by atoms with E-state index in [1.54, 1.807) is 30.8 Å². The van der Waals surface area contributed by atoms with E-state index >= 15 is 0 Å². The summed E-state index contributed by atoms with van der Waals surface area (Å²) in [7, 11) is 6.96. The molecular formula is C40H68FN5O8. The minimum absolute atomic E-state index is 0.0112. The molecule has 1 aliphatic heterocycles. The van der Waals surface area contributed by atoms with E-state index in [2.05, 4.69) is 16.0 Å². The van der Waals surface area contributed by atoms with Gasteiger partial charge in [-0.05, 0) is 43.2 Å². The number of carboxylic acids is 1. The Morgan fingerprint density at radius 1 is 0.926 bits per heavy atom. The van der Waals surface area contributed by atoms with Crippen LogP contribution in [-0.2, 0) is 39.9 Å². The summed E-state index contributed by atoms with van der Waals surface area (Å²) < 4.78 is 21.3. The molecule has 1 aromatic rings. The Labute approximate surface area is 322 Å². The minimum atomic E-state index is -1.14. The van der Waals surface area contributed by atoms with Crippen molar-refractivity contribution in [1.82, 2.24) is 25.8 Å². The Kier molecular flexibility index (Phi) is 21.5. The van der Waals surface area contributed by atoms with Crippen molar-refractivity contribution >= 4 is 29.6 Å². The zero-order valence-electron chi connectivity index (χ0n) is 34.6. The van der Waals surface area contributed by atoms with Gasteiger partial charge in [-0.25, -0.2) is 4.79 Å². The van der Waals surface area contributed by atoms with Gasteiger partial charge >= 0.3 is 5.97 Å². The molecule has 4 amide bonds. The number of ether oxygens (including phenoxy) is 2. The number of hydrogen-bond donors (Lipinski definition) is 4. The molecular weight excluding hydrogens is 697 g/mol. The second-order valence-electron chi connectivity index (χ2n) is 14.9. The zero-order chi connectivity index (χ0) is 41.3. The maximum Gasteiger partial charge on any atom is 0.326 e. The lowest BCUT2D eigenvalue weighted by atomic mass is 9.89. The number of halogens is 1. The number of aliphatic carboxylic acids is 1. The summed E-state index contributed by atoms with van der Waals surface area (Å²) in [5.41, 5.74) is 0.785. The van der Waals surface area contributed by atoms with Gasteiger partial charge in [0.25, 0.3) is 0 Å². The van der Waals surface area contributed by atoms with Gasteiger partial charge in [0, 0.05) is 34.2 Å². The van der Waals surface area contributed by atoms with E-state index in [0.29, 0.717) is 26.6 Å². The largest absolute Gasteiger partial charge is 0.480 e. The van der Waals surface area contributed by atoms with Crippen molar-refractivity contribution in [2.45, 2.75) is 123 Å². The van der Waals surface area contributed by atoms with Gasteiger partial charge in [-0.3, -0.25) is 23.6 Å². The van der Waals surface area contributed by atoms with Crippen molar-refractivity contribution in [2.75, 3.05) is 42.0 Å². The van der Waals surface area contributed by atoms with Gasteiger partial charge in [-0.2, -0.15) is 0 Å². The van der Waals surface area contributed by atoms with Crippen LogP contribution in [0.3, 0.4) is 0 Å². The van der Waals surface area contributed by atoms with Crippen LogP contribution in [-0.4, -0.2) is 129 Å². The van der Waals surface area contributed by atoms with Crippen LogP contribution in [0.15, 0.2) is 30.3 Å². The van der Waals surface area contributed by atoms with Crippen molar-refractivity contribution in [3.63, 3.8) is 0 Å². The first kappa shape index (κ1) is 48.4. The molecule has 0 radical (unpaired) electrons. The quantitative estimate of drug-likeness (QED) is 0.146. The second-order valence-corrected chi connectivity index (χ2v) is 14.9. The molecule has 1 aromatic carbocycles. The van der Waals surface area contributed by atoms with Crippen LogP contribution in [0.4, 0.5) is 4.39 Å². The first-order valence-corrected chi connectivity index (χ1v) is 19.1. The van der Waals surface area contributed by atoms with Crippen LogP contribution in [0.1, 0.15) is 79.7 Å². The van der Waals surface area contributed by atoms with E-state index in [0.717, 1.165) is 12.0 Å². The Balaban J connectivity index is 0.00000716. The summed E-state index contributed by atoms with van der Waals surface area (Å²) in [6, 6.07) is 5.84. The predicted molar refractivity (Wildman–Crippen MR) is 207 cm³/mol. The van der Waals surface area contributed by atoms with Crippen molar-refractivity contribution in [1.29, 1.82) is 0 Å². The molecule has 54 heavy (non-hydrogen) atoms. The third-order valence-electron chi connectivity index (χ3n) is 10.6. The summed E-state index contributed by atoms with van der Waals surface area (Å²) in [5, 5.41) is 18.5. The van der Waals surface area contributed by atoms with Crippen LogP contribution in [0.5, 0.6) is 0 Å². The van der Waals surface area contributed by atoms with E-state index in [1.165, 1.54) is 14.2 Å². The summed E-state index contributed by atoms with van der Waals surface area (Å²) in [6.07, 6.45) is 0.818. The number of carboxylic acid groups (broad SMARTS) is 1. The molecule has 0 saturated carbocycles. The molecule has 1 aliphatic rings. The normalized spacial score (nSPS) is 18.6. The standard InChI is InChI=1S/C39H65N5O8.CH3F/c1-12-25(6)34(43(9)38(48)33(24(4)5)42-37(47)32(40-8)23(2)3)30(51-10)22-31(45)44-20-16-19-29(44)35(52-11)26(7)36(46)41-28(39(49)50)21-27-17-14-13-15-18-27;1-2/h13-15,17-18,23-26,28-30,32-35,40H,12,16,19-22H2,1-11H3,(H,41,46)(H,42,47)(H,49,50);1H3/t25-,26+,28-,29-,30+,32-,33-,34-,35+;/m0./s1. The number of amides is 4. The van der Waals surface area contributed by atoms with Gasteiger partial charge in [-0.1, -0.05) is 85.2 Å². The first-order valence-electron chi connectivity index (χ1n) is 19.1. The molecule has 1 heterocycles. The van der Waals surface area contributed by atoms with Gasteiger partial charge in [0.15, 0.2) is 0 Å². The molecule has 0 unspecified atom stereocenters. The molecule has 0 aromatic heterocycles. The van der Waals surface area contributed by atoms with Crippen LogP contribution < -0.4 is 16.0 Å². The Hall–Kier alpha value is -3.62. The molecule has 14 heteroatoms. The number of methoxy groups -OCH3 is 2. The van der Waals surface area contributed by atoms with Crippen molar-refractivity contribution in [3.8, 4) is 0 Å². The van der Waals surface area contributed by atoms with Crippen molar-refractivity contribution in [3.05, 3.63) is 35.9 Å². The number of carbonyl (C=O) groups excluding carboxylic acids is 4. The van der Waals surface area contributed by atoms with E-state index in [-0.39, 0.29) is 48.3 Å². The molecule has 1 saturated heterocycles. The molecule has 308 valence electrons. The molecule has 1 fully saturated rings. The smallest absolute Gasteiger partial charge is 0.326 e. The number of likely N-dealkylation sites (tertiary alicyclic amines) is 1. The number of nitrogens with zero attached hydrogens (tertiary/aromatic N) is 2. The molecule has 0 bridgehead atoms. The molecule has 0 aliphatic carbocycles. The summed E-state index contributed by atoms with van der Waals surface area (Å²) in [5.74, 6) is -3.27. The number of rotatable bonds is 21. The lowest BCUT2D eigenvalue weighted by Gasteiger charge is -2.41. The third-order valence-corrected chi connectivity index (χ3v) is 10.6. The maximum absolute atomic E-state index is 14.1. The Morgan fingerprint density at radius 3 is 2.00 bits per heavy atom. The number of hydrogen-bond acceptors (Lipinski definition) is 8. The van der Waals surface area contributed by atoms with Gasteiger partial charge in [-0.15, -0.1) is 0 Å². The van der Waals surface area contributed by atoms with Gasteiger partial charge in [0.1, 0.15) is 12.1 Å². The molecule has 13 nitrogen and oxygen atoms in total. The number of carbonyl (C=O) groups is 5. The number of nitrogens with one attached hydrogen (secondary N) is 3. The highest BCUT2D eigenvalue weighted by atomic mass is 19.1. The van der Waals surface area contributed by atoms with E-state index in [9.17, 15) is 33.5 Å². The monoisotopic (exact) mass is 766 g/mol. The lowest BCUT2D eigenvalue weighted by Crippen LogP contribution is -2.59. The lowest BCUT2D eigenvalue weighted by molar-refractivity contribution is -0.148. The molecule has 4 N–H and O–H groups in total. The van der Waals surface area contributed by atoms with E-state index in [1.807, 2.05) is 71.9 Å². The third kappa shape index (κ3) is 13.3. The van der Waals surface area contributed by atoms with Crippen molar-refractivity contribution in [2.24, 2.45) is 23.7 Å². The zero-order valence-corrected chi connectivity index (χ0v) is 34.6. The fourth-order valence-electron chi connectivity index (χ4n) is 7.40. The molecule has 9 atom stereocenters. The fourth-order valence-corrected chi connectivity index (χ4v) is 7.40. The number of alkyl halides is 1. The number of benzene rings is 1.